The van der Waals surface area contributed by atoms with Crippen LogP contribution < -0.4 is 10.6 Å². The van der Waals surface area contributed by atoms with Crippen molar-refractivity contribution in [3.05, 3.63) is 22.4 Å². The van der Waals surface area contributed by atoms with Crippen molar-refractivity contribution in [1.82, 2.24) is 10.6 Å². The van der Waals surface area contributed by atoms with Crippen LogP contribution in [-0.4, -0.2) is 19.1 Å². The minimum Gasteiger partial charge on any atom is -0.338 e. The molecule has 1 saturated carbocycles. The third-order valence-electron chi connectivity index (χ3n) is 3.53. The van der Waals surface area contributed by atoms with Crippen molar-refractivity contribution in [3.8, 4) is 0 Å². The lowest BCUT2D eigenvalue weighted by Gasteiger charge is -2.28. The van der Waals surface area contributed by atoms with Gasteiger partial charge in [-0.15, -0.1) is 11.3 Å². The van der Waals surface area contributed by atoms with E-state index in [0.29, 0.717) is 6.54 Å². The van der Waals surface area contributed by atoms with Gasteiger partial charge in [-0.25, -0.2) is 4.79 Å². The molecule has 0 unspecified atom stereocenters. The number of carbonyl (C=O) groups is 1. The van der Waals surface area contributed by atoms with Gasteiger partial charge in [0, 0.05) is 23.4 Å². The summed E-state index contributed by atoms with van der Waals surface area (Å²) in [4.78, 5) is 12.9. The summed E-state index contributed by atoms with van der Waals surface area (Å²) < 4.78 is 0. The van der Waals surface area contributed by atoms with E-state index in [1.807, 2.05) is 18.3 Å². The Morgan fingerprint density at radius 3 is 2.76 bits per heavy atom. The van der Waals surface area contributed by atoms with Gasteiger partial charge in [-0.3, -0.25) is 0 Å². The van der Waals surface area contributed by atoms with Crippen molar-refractivity contribution in [3.63, 3.8) is 0 Å². The molecular weight excluding hydrogens is 232 g/mol. The normalized spacial score (nSPS) is 17.9. The second-order valence-electron chi connectivity index (χ2n) is 4.68. The summed E-state index contributed by atoms with van der Waals surface area (Å²) in [5, 5.41) is 7.92. The minimum atomic E-state index is -0.0460. The molecule has 17 heavy (non-hydrogen) atoms. The summed E-state index contributed by atoms with van der Waals surface area (Å²) in [6, 6.07) is 4.26. The highest BCUT2D eigenvalue weighted by Crippen LogP contribution is 2.42. The summed E-state index contributed by atoms with van der Waals surface area (Å²) in [5.74, 6) is 0. The highest BCUT2D eigenvalue weighted by molar-refractivity contribution is 7.10. The second-order valence-corrected chi connectivity index (χ2v) is 5.63. The van der Waals surface area contributed by atoms with Crippen molar-refractivity contribution in [2.75, 3.05) is 13.1 Å². The number of hydrogen-bond donors (Lipinski definition) is 2. The van der Waals surface area contributed by atoms with Crippen LogP contribution in [0, 0.1) is 0 Å². The maximum atomic E-state index is 11.5. The smallest absolute Gasteiger partial charge is 0.314 e. The fraction of sp³-hybridized carbons (Fsp3) is 0.615. The topological polar surface area (TPSA) is 41.1 Å². The van der Waals surface area contributed by atoms with Crippen molar-refractivity contribution < 1.29 is 4.79 Å². The maximum Gasteiger partial charge on any atom is 0.314 e. The molecule has 1 aliphatic rings. The predicted molar refractivity (Wildman–Crippen MR) is 71.5 cm³/mol. The molecule has 0 saturated heterocycles. The Labute approximate surface area is 107 Å². The first-order valence-electron chi connectivity index (χ1n) is 6.32. The van der Waals surface area contributed by atoms with Crippen molar-refractivity contribution >= 4 is 17.4 Å². The summed E-state index contributed by atoms with van der Waals surface area (Å²) in [5.41, 5.74) is 0.194. The zero-order chi connectivity index (χ0) is 12.1. The van der Waals surface area contributed by atoms with Gasteiger partial charge in [0.25, 0.3) is 0 Å². The number of nitrogens with one attached hydrogen (secondary N) is 2. The van der Waals surface area contributed by atoms with E-state index in [1.165, 1.54) is 30.6 Å². The van der Waals surface area contributed by atoms with E-state index in [0.717, 1.165) is 6.54 Å². The molecule has 94 valence electrons. The molecule has 0 bridgehead atoms. The van der Waals surface area contributed by atoms with Crippen LogP contribution in [0.25, 0.3) is 0 Å². The summed E-state index contributed by atoms with van der Waals surface area (Å²) >= 11 is 1.81. The molecule has 0 atom stereocenters. The van der Waals surface area contributed by atoms with Gasteiger partial charge in [0.2, 0.25) is 0 Å². The monoisotopic (exact) mass is 252 g/mol. The minimum absolute atomic E-state index is 0.0460. The molecule has 2 N–H and O–H groups in total. The Kier molecular flexibility index (Phi) is 4.05. The zero-order valence-corrected chi connectivity index (χ0v) is 11.1. The molecular formula is C13H20N2OS. The van der Waals surface area contributed by atoms with E-state index in [1.54, 1.807) is 0 Å². The lowest BCUT2D eigenvalue weighted by molar-refractivity contribution is 0.238. The Morgan fingerprint density at radius 1 is 1.41 bits per heavy atom. The second kappa shape index (κ2) is 5.54. The maximum absolute atomic E-state index is 11.5. The number of amides is 2. The summed E-state index contributed by atoms with van der Waals surface area (Å²) in [7, 11) is 0. The largest absolute Gasteiger partial charge is 0.338 e. The van der Waals surface area contributed by atoms with Crippen LogP contribution >= 0.6 is 11.3 Å². The molecule has 4 heteroatoms. The number of urea groups is 1. The fourth-order valence-electron chi connectivity index (χ4n) is 2.61. The van der Waals surface area contributed by atoms with Crippen LogP contribution in [0.15, 0.2) is 17.5 Å². The molecule has 1 fully saturated rings. The quantitative estimate of drug-likeness (QED) is 0.850. The molecule has 0 radical (unpaired) electrons. The number of carbonyl (C=O) groups excluding carboxylic acids is 1. The Morgan fingerprint density at radius 2 is 2.18 bits per heavy atom. The van der Waals surface area contributed by atoms with Crippen LogP contribution in [0.4, 0.5) is 4.79 Å². The average Bonchev–Trinajstić information content (AvgIpc) is 2.98. The number of rotatable bonds is 4. The third kappa shape index (κ3) is 2.80. The van der Waals surface area contributed by atoms with Crippen LogP contribution in [0.1, 0.15) is 37.5 Å². The van der Waals surface area contributed by atoms with Crippen molar-refractivity contribution in [1.29, 1.82) is 0 Å². The molecule has 1 aromatic heterocycles. The summed E-state index contributed by atoms with van der Waals surface area (Å²) in [6.45, 7) is 3.38. The van der Waals surface area contributed by atoms with Gasteiger partial charge >= 0.3 is 6.03 Å². The highest BCUT2D eigenvalue weighted by Gasteiger charge is 2.36. The van der Waals surface area contributed by atoms with E-state index in [9.17, 15) is 4.79 Å². The SMILES string of the molecule is CCNC(=O)NCC1(c2cccs2)CCCC1. The van der Waals surface area contributed by atoms with Crippen LogP contribution in [0.5, 0.6) is 0 Å². The van der Waals surface area contributed by atoms with Gasteiger partial charge in [0.1, 0.15) is 0 Å². The molecule has 0 aromatic carbocycles. The molecule has 1 aliphatic carbocycles. The van der Waals surface area contributed by atoms with E-state index in [2.05, 4.69) is 28.1 Å². The van der Waals surface area contributed by atoms with Crippen LogP contribution in [-0.2, 0) is 5.41 Å². The standard InChI is InChI=1S/C13H20N2OS/c1-2-14-12(16)15-10-13(7-3-4-8-13)11-6-5-9-17-11/h5-6,9H,2-4,7-8,10H2,1H3,(H2,14,15,16). The zero-order valence-electron chi connectivity index (χ0n) is 10.3. The molecule has 0 aliphatic heterocycles. The van der Waals surface area contributed by atoms with E-state index >= 15 is 0 Å². The molecule has 1 heterocycles. The van der Waals surface area contributed by atoms with Crippen molar-refractivity contribution in [2.45, 2.75) is 38.0 Å². The first-order valence-corrected chi connectivity index (χ1v) is 7.20. The molecule has 2 amide bonds. The fourth-order valence-corrected chi connectivity index (χ4v) is 3.60. The average molecular weight is 252 g/mol. The van der Waals surface area contributed by atoms with Gasteiger partial charge in [0.05, 0.1) is 0 Å². The lowest BCUT2D eigenvalue weighted by Crippen LogP contribution is -2.43. The molecule has 2 rings (SSSR count). The first kappa shape index (κ1) is 12.4. The highest BCUT2D eigenvalue weighted by atomic mass is 32.1. The van der Waals surface area contributed by atoms with Crippen LogP contribution in [0.3, 0.4) is 0 Å². The van der Waals surface area contributed by atoms with E-state index in [-0.39, 0.29) is 11.4 Å². The first-order chi connectivity index (χ1) is 8.27. The van der Waals surface area contributed by atoms with Gasteiger partial charge < -0.3 is 10.6 Å². The van der Waals surface area contributed by atoms with Crippen molar-refractivity contribution in [2.24, 2.45) is 0 Å². The Balaban J connectivity index is 2.01. The molecule has 0 spiro atoms. The van der Waals surface area contributed by atoms with Gasteiger partial charge in [-0.2, -0.15) is 0 Å². The predicted octanol–water partition coefficient (Wildman–Crippen LogP) is 2.88. The molecule has 3 nitrogen and oxygen atoms in total. The van der Waals surface area contributed by atoms with Gasteiger partial charge in [-0.1, -0.05) is 18.9 Å². The Bertz CT molecular complexity index is 356. The van der Waals surface area contributed by atoms with Crippen LogP contribution in [0.2, 0.25) is 0 Å². The van der Waals surface area contributed by atoms with E-state index < -0.39 is 0 Å². The summed E-state index contributed by atoms with van der Waals surface area (Å²) in [6.07, 6.45) is 4.93. The van der Waals surface area contributed by atoms with Gasteiger partial charge in [0.15, 0.2) is 0 Å². The Hall–Kier alpha value is -1.03. The van der Waals surface area contributed by atoms with E-state index in [4.69, 9.17) is 0 Å². The number of hydrogen-bond acceptors (Lipinski definition) is 2. The molecule has 1 aromatic rings. The van der Waals surface area contributed by atoms with Gasteiger partial charge in [-0.05, 0) is 31.2 Å². The lowest BCUT2D eigenvalue weighted by atomic mass is 9.84. The third-order valence-corrected chi connectivity index (χ3v) is 4.65. The number of thiophene rings is 1.